The van der Waals surface area contributed by atoms with Crippen molar-refractivity contribution in [1.29, 1.82) is 0 Å². The second-order valence-electron chi connectivity index (χ2n) is 7.50. The second kappa shape index (κ2) is 7.89. The van der Waals surface area contributed by atoms with Crippen LogP contribution in [-0.2, 0) is 12.0 Å². The van der Waals surface area contributed by atoms with Gasteiger partial charge >= 0.3 is 0 Å². The van der Waals surface area contributed by atoms with Crippen LogP contribution in [0.25, 0.3) is 0 Å². The van der Waals surface area contributed by atoms with Gasteiger partial charge in [-0.15, -0.1) is 0 Å². The fourth-order valence-corrected chi connectivity index (χ4v) is 2.97. The van der Waals surface area contributed by atoms with Crippen molar-refractivity contribution in [2.24, 2.45) is 5.73 Å². The lowest BCUT2D eigenvalue weighted by Crippen LogP contribution is -2.18. The highest BCUT2D eigenvalue weighted by Crippen LogP contribution is 2.32. The SMILES string of the molecule is Cc1ccc(C(C)(C)c2ccc(OCc3ccnc(C(C)N)n3)cc2)cc1. The van der Waals surface area contributed by atoms with Crippen molar-refractivity contribution in [3.8, 4) is 5.75 Å². The maximum Gasteiger partial charge on any atom is 0.145 e. The first-order valence-electron chi connectivity index (χ1n) is 9.24. The van der Waals surface area contributed by atoms with E-state index in [0.29, 0.717) is 12.4 Å². The molecule has 140 valence electrons. The molecule has 4 heteroatoms. The van der Waals surface area contributed by atoms with E-state index in [4.69, 9.17) is 10.5 Å². The lowest BCUT2D eigenvalue weighted by molar-refractivity contribution is 0.300. The minimum Gasteiger partial charge on any atom is -0.487 e. The third-order valence-electron chi connectivity index (χ3n) is 4.88. The summed E-state index contributed by atoms with van der Waals surface area (Å²) in [4.78, 5) is 8.60. The molecule has 1 heterocycles. The fourth-order valence-electron chi connectivity index (χ4n) is 2.97. The molecule has 0 aliphatic carbocycles. The molecule has 0 saturated carbocycles. The number of benzene rings is 2. The number of nitrogens with two attached hydrogens (primary N) is 1. The van der Waals surface area contributed by atoms with E-state index >= 15 is 0 Å². The summed E-state index contributed by atoms with van der Waals surface area (Å²) < 4.78 is 5.88. The fraction of sp³-hybridized carbons (Fsp3) is 0.304. The molecule has 0 fully saturated rings. The predicted molar refractivity (Wildman–Crippen MR) is 109 cm³/mol. The summed E-state index contributed by atoms with van der Waals surface area (Å²) in [6.07, 6.45) is 1.72. The van der Waals surface area contributed by atoms with Gasteiger partial charge in [-0.2, -0.15) is 0 Å². The summed E-state index contributed by atoms with van der Waals surface area (Å²) in [7, 11) is 0. The Bertz CT molecular complexity index is 884. The Morgan fingerprint density at radius 2 is 1.56 bits per heavy atom. The number of hydrogen-bond donors (Lipinski definition) is 1. The Hall–Kier alpha value is -2.72. The average Bonchev–Trinajstić information content (AvgIpc) is 2.67. The number of rotatable bonds is 6. The van der Waals surface area contributed by atoms with Gasteiger partial charge in [-0.25, -0.2) is 9.97 Å². The first-order chi connectivity index (χ1) is 12.9. The molecule has 0 aliphatic heterocycles. The van der Waals surface area contributed by atoms with E-state index < -0.39 is 0 Å². The maximum atomic E-state index is 5.88. The smallest absolute Gasteiger partial charge is 0.145 e. The van der Waals surface area contributed by atoms with Crippen molar-refractivity contribution >= 4 is 0 Å². The summed E-state index contributed by atoms with van der Waals surface area (Å²) in [5.74, 6) is 1.45. The maximum absolute atomic E-state index is 5.88. The van der Waals surface area contributed by atoms with Gasteiger partial charge in [-0.3, -0.25) is 0 Å². The van der Waals surface area contributed by atoms with Crippen LogP contribution in [0.5, 0.6) is 5.75 Å². The Labute approximate surface area is 161 Å². The summed E-state index contributed by atoms with van der Waals surface area (Å²) >= 11 is 0. The molecule has 1 aromatic heterocycles. The van der Waals surface area contributed by atoms with E-state index in [1.165, 1.54) is 16.7 Å². The average molecular weight is 361 g/mol. The van der Waals surface area contributed by atoms with Crippen LogP contribution in [0.4, 0.5) is 0 Å². The summed E-state index contributed by atoms with van der Waals surface area (Å²) in [5, 5.41) is 0. The molecule has 3 aromatic rings. The number of hydrogen-bond acceptors (Lipinski definition) is 4. The molecule has 27 heavy (non-hydrogen) atoms. The summed E-state index contributed by atoms with van der Waals surface area (Å²) in [6, 6.07) is 18.7. The van der Waals surface area contributed by atoms with Crippen LogP contribution in [0.2, 0.25) is 0 Å². The molecule has 0 bridgehead atoms. The number of ether oxygens (including phenoxy) is 1. The Kier molecular flexibility index (Phi) is 5.57. The van der Waals surface area contributed by atoms with E-state index in [9.17, 15) is 0 Å². The molecule has 1 atom stereocenters. The number of aryl methyl sites for hydroxylation is 1. The van der Waals surface area contributed by atoms with Gasteiger partial charge in [0.05, 0.1) is 11.7 Å². The van der Waals surface area contributed by atoms with Crippen molar-refractivity contribution in [3.63, 3.8) is 0 Å². The van der Waals surface area contributed by atoms with E-state index in [-0.39, 0.29) is 11.5 Å². The molecule has 4 nitrogen and oxygen atoms in total. The monoisotopic (exact) mass is 361 g/mol. The molecule has 0 spiro atoms. The number of nitrogens with zero attached hydrogens (tertiary/aromatic N) is 2. The first-order valence-corrected chi connectivity index (χ1v) is 9.24. The molecule has 1 unspecified atom stereocenters. The van der Waals surface area contributed by atoms with Crippen molar-refractivity contribution in [2.75, 3.05) is 0 Å². The largest absolute Gasteiger partial charge is 0.487 e. The highest BCUT2D eigenvalue weighted by Gasteiger charge is 2.22. The van der Waals surface area contributed by atoms with Gasteiger partial charge in [0.2, 0.25) is 0 Å². The molecule has 0 aliphatic rings. The molecule has 2 N–H and O–H groups in total. The zero-order valence-corrected chi connectivity index (χ0v) is 16.4. The lowest BCUT2D eigenvalue weighted by Gasteiger charge is -2.26. The molecular weight excluding hydrogens is 334 g/mol. The third-order valence-corrected chi connectivity index (χ3v) is 4.88. The van der Waals surface area contributed by atoms with Gasteiger partial charge in [-0.05, 0) is 43.2 Å². The van der Waals surface area contributed by atoms with Crippen molar-refractivity contribution in [3.05, 3.63) is 89.0 Å². The minimum absolute atomic E-state index is 0.0644. The standard InChI is InChI=1S/C23H27N3O/c1-16-5-7-18(8-6-16)23(3,4)19-9-11-21(12-10-19)27-15-20-13-14-25-22(26-20)17(2)24/h5-14,17H,15,24H2,1-4H3. The minimum atomic E-state index is -0.187. The predicted octanol–water partition coefficient (Wildman–Crippen LogP) is 4.71. The zero-order chi connectivity index (χ0) is 19.4. The molecular formula is C23H27N3O. The highest BCUT2D eigenvalue weighted by molar-refractivity contribution is 5.40. The van der Waals surface area contributed by atoms with Crippen LogP contribution in [-0.4, -0.2) is 9.97 Å². The van der Waals surface area contributed by atoms with Crippen LogP contribution < -0.4 is 10.5 Å². The van der Waals surface area contributed by atoms with Crippen LogP contribution in [0, 0.1) is 6.92 Å². The quantitative estimate of drug-likeness (QED) is 0.691. The normalized spacial score (nSPS) is 12.6. The molecule has 0 amide bonds. The lowest BCUT2D eigenvalue weighted by atomic mass is 9.78. The van der Waals surface area contributed by atoms with Crippen LogP contribution in [0.3, 0.4) is 0 Å². The van der Waals surface area contributed by atoms with Crippen LogP contribution in [0.1, 0.15) is 55.0 Å². The van der Waals surface area contributed by atoms with Gasteiger partial charge in [0.25, 0.3) is 0 Å². The molecule has 2 aromatic carbocycles. The highest BCUT2D eigenvalue weighted by atomic mass is 16.5. The second-order valence-corrected chi connectivity index (χ2v) is 7.50. The third kappa shape index (κ3) is 4.52. The van der Waals surface area contributed by atoms with E-state index in [1.807, 2.05) is 25.1 Å². The van der Waals surface area contributed by atoms with Crippen molar-refractivity contribution in [1.82, 2.24) is 9.97 Å². The van der Waals surface area contributed by atoms with Gasteiger partial charge in [0.15, 0.2) is 0 Å². The summed E-state index contributed by atoms with van der Waals surface area (Å²) in [5.41, 5.74) is 10.4. The van der Waals surface area contributed by atoms with Crippen molar-refractivity contribution in [2.45, 2.75) is 45.8 Å². The molecule has 3 rings (SSSR count). The molecule has 0 radical (unpaired) electrons. The van der Waals surface area contributed by atoms with E-state index in [2.05, 4.69) is 67.1 Å². The van der Waals surface area contributed by atoms with Gasteiger partial charge < -0.3 is 10.5 Å². The Balaban J connectivity index is 1.70. The topological polar surface area (TPSA) is 61.0 Å². The van der Waals surface area contributed by atoms with E-state index in [1.54, 1.807) is 6.20 Å². The number of aromatic nitrogens is 2. The first kappa shape index (κ1) is 19.1. The Morgan fingerprint density at radius 1 is 0.963 bits per heavy atom. The molecule has 0 saturated heterocycles. The van der Waals surface area contributed by atoms with Crippen LogP contribution in [0.15, 0.2) is 60.8 Å². The zero-order valence-electron chi connectivity index (χ0n) is 16.4. The van der Waals surface area contributed by atoms with Crippen LogP contribution >= 0.6 is 0 Å². The van der Waals surface area contributed by atoms with Gasteiger partial charge in [0.1, 0.15) is 18.2 Å². The van der Waals surface area contributed by atoms with Gasteiger partial charge in [-0.1, -0.05) is 55.8 Å². The Morgan fingerprint density at radius 3 is 2.15 bits per heavy atom. The van der Waals surface area contributed by atoms with Crippen molar-refractivity contribution < 1.29 is 4.74 Å². The summed E-state index contributed by atoms with van der Waals surface area (Å²) in [6.45, 7) is 8.85. The van der Waals surface area contributed by atoms with E-state index in [0.717, 1.165) is 11.4 Å². The van der Waals surface area contributed by atoms with Gasteiger partial charge in [0, 0.05) is 11.6 Å².